The maximum atomic E-state index is 13.3. The molecule has 1 amide bonds. The van der Waals surface area contributed by atoms with Crippen LogP contribution in [-0.2, 0) is 29.1 Å². The first-order valence-corrected chi connectivity index (χ1v) is 10.9. The second kappa shape index (κ2) is 8.76. The molecule has 2 aromatic rings. The summed E-state index contributed by atoms with van der Waals surface area (Å²) in [5, 5.41) is 0. The molecule has 1 heterocycles. The van der Waals surface area contributed by atoms with Crippen LogP contribution in [0.15, 0.2) is 53.4 Å². The van der Waals surface area contributed by atoms with E-state index < -0.39 is 40.2 Å². The van der Waals surface area contributed by atoms with Crippen LogP contribution in [0, 0.1) is 6.92 Å². The quantitative estimate of drug-likeness (QED) is 0.490. The van der Waals surface area contributed by atoms with Gasteiger partial charge in [-0.2, -0.15) is 4.31 Å². The van der Waals surface area contributed by atoms with Gasteiger partial charge in [-0.15, -0.1) is 0 Å². The Morgan fingerprint density at radius 1 is 1.06 bits per heavy atom. The summed E-state index contributed by atoms with van der Waals surface area (Å²) < 4.78 is 42.2. The Kier molecular flexibility index (Phi) is 6.30. The smallest absolute Gasteiger partial charge is 0.425 e. The SMILES string of the molecule is CCOC(=O)[C@H]1OC(=O)N(S(=O)(=O)c2ccc(C)cc2)[C@@H]1c1ccc(OC(C)=O)cc1. The number of sulfonamides is 1. The summed E-state index contributed by atoms with van der Waals surface area (Å²) in [4.78, 5) is 36.1. The number of cyclic esters (lactones) is 1. The predicted octanol–water partition coefficient (Wildman–Crippen LogP) is 2.73. The highest BCUT2D eigenvalue weighted by atomic mass is 32.2. The summed E-state index contributed by atoms with van der Waals surface area (Å²) in [6, 6.07) is 10.4. The maximum absolute atomic E-state index is 13.3. The molecule has 164 valence electrons. The van der Waals surface area contributed by atoms with Crippen LogP contribution in [0.1, 0.15) is 31.0 Å². The third-order valence-electron chi connectivity index (χ3n) is 4.53. The first kappa shape index (κ1) is 22.3. The molecule has 0 aliphatic carbocycles. The minimum absolute atomic E-state index is 0.0235. The molecule has 0 bridgehead atoms. The van der Waals surface area contributed by atoms with E-state index >= 15 is 0 Å². The standard InChI is InChI=1S/C21H21NO8S/c1-4-28-20(24)19-18(15-7-9-16(10-8-15)29-14(3)23)22(21(25)30-19)31(26,27)17-11-5-13(2)6-12-17/h5-12,18-19H,4H2,1-3H3/t18-,19+/m1/s1. The minimum atomic E-state index is -4.35. The van der Waals surface area contributed by atoms with Gasteiger partial charge in [0.1, 0.15) is 11.8 Å². The highest BCUT2D eigenvalue weighted by molar-refractivity contribution is 7.89. The second-order valence-corrected chi connectivity index (χ2v) is 8.59. The Bertz CT molecular complexity index is 1090. The van der Waals surface area contributed by atoms with Gasteiger partial charge in [0, 0.05) is 6.92 Å². The number of hydrogen-bond acceptors (Lipinski definition) is 8. The zero-order valence-corrected chi connectivity index (χ0v) is 17.9. The van der Waals surface area contributed by atoms with Crippen molar-refractivity contribution in [1.82, 2.24) is 4.31 Å². The van der Waals surface area contributed by atoms with E-state index in [1.54, 1.807) is 26.0 Å². The molecular weight excluding hydrogens is 426 g/mol. The third kappa shape index (κ3) is 4.53. The van der Waals surface area contributed by atoms with E-state index in [0.29, 0.717) is 4.31 Å². The first-order chi connectivity index (χ1) is 14.6. The first-order valence-electron chi connectivity index (χ1n) is 9.42. The largest absolute Gasteiger partial charge is 0.463 e. The number of benzene rings is 2. The molecule has 1 aliphatic heterocycles. The van der Waals surface area contributed by atoms with Gasteiger partial charge in [-0.05, 0) is 43.7 Å². The summed E-state index contributed by atoms with van der Waals surface area (Å²) in [7, 11) is -4.35. The Morgan fingerprint density at radius 3 is 2.23 bits per heavy atom. The van der Waals surface area contributed by atoms with Crippen molar-refractivity contribution in [2.75, 3.05) is 6.61 Å². The van der Waals surface area contributed by atoms with Crippen LogP contribution in [0.5, 0.6) is 5.75 Å². The van der Waals surface area contributed by atoms with Gasteiger partial charge in [0.15, 0.2) is 0 Å². The van der Waals surface area contributed by atoms with Gasteiger partial charge in [0.05, 0.1) is 11.5 Å². The van der Waals surface area contributed by atoms with Gasteiger partial charge in [-0.1, -0.05) is 29.8 Å². The van der Waals surface area contributed by atoms with Crippen molar-refractivity contribution < 1.29 is 37.0 Å². The third-order valence-corrected chi connectivity index (χ3v) is 6.29. The Balaban J connectivity index is 2.07. The van der Waals surface area contributed by atoms with E-state index in [1.165, 1.54) is 43.3 Å². The topological polar surface area (TPSA) is 116 Å². The van der Waals surface area contributed by atoms with Gasteiger partial charge in [-0.3, -0.25) is 4.79 Å². The molecule has 2 aromatic carbocycles. The van der Waals surface area contributed by atoms with Crippen LogP contribution in [0.4, 0.5) is 4.79 Å². The number of aryl methyl sites for hydroxylation is 1. The summed E-state index contributed by atoms with van der Waals surface area (Å²) >= 11 is 0. The number of esters is 2. The highest BCUT2D eigenvalue weighted by Crippen LogP contribution is 2.39. The maximum Gasteiger partial charge on any atom is 0.425 e. The van der Waals surface area contributed by atoms with E-state index in [9.17, 15) is 22.8 Å². The fraction of sp³-hybridized carbons (Fsp3) is 0.286. The average molecular weight is 447 g/mol. The van der Waals surface area contributed by atoms with Crippen molar-refractivity contribution >= 4 is 28.1 Å². The average Bonchev–Trinajstić information content (AvgIpc) is 3.07. The molecule has 10 heteroatoms. The summed E-state index contributed by atoms with van der Waals surface area (Å²) in [6.45, 7) is 4.64. The zero-order valence-electron chi connectivity index (χ0n) is 17.1. The molecule has 0 spiro atoms. The van der Waals surface area contributed by atoms with Gasteiger partial charge in [-0.25, -0.2) is 18.0 Å². The van der Waals surface area contributed by atoms with E-state index in [0.717, 1.165) is 5.56 Å². The molecule has 0 radical (unpaired) electrons. The van der Waals surface area contributed by atoms with Crippen LogP contribution in [-0.4, -0.2) is 43.5 Å². The highest BCUT2D eigenvalue weighted by Gasteiger charge is 2.53. The number of nitrogens with zero attached hydrogens (tertiary/aromatic N) is 1. The molecule has 0 N–H and O–H groups in total. The van der Waals surface area contributed by atoms with Gasteiger partial charge >= 0.3 is 18.0 Å². The molecular formula is C21H21NO8S. The number of carbonyl (C=O) groups is 3. The van der Waals surface area contributed by atoms with Crippen molar-refractivity contribution in [1.29, 1.82) is 0 Å². The molecule has 1 fully saturated rings. The van der Waals surface area contributed by atoms with E-state index in [4.69, 9.17) is 14.2 Å². The second-order valence-electron chi connectivity index (χ2n) is 6.78. The molecule has 2 atom stereocenters. The number of rotatable bonds is 6. The monoisotopic (exact) mass is 447 g/mol. The number of ether oxygens (including phenoxy) is 3. The summed E-state index contributed by atoms with van der Waals surface area (Å²) in [5.74, 6) is -1.17. The summed E-state index contributed by atoms with van der Waals surface area (Å²) in [5.41, 5.74) is 1.13. The zero-order chi connectivity index (χ0) is 22.8. The number of amides is 1. The van der Waals surface area contributed by atoms with Crippen molar-refractivity contribution in [2.45, 2.75) is 37.8 Å². The summed E-state index contributed by atoms with van der Waals surface area (Å²) in [6.07, 6.45) is -2.68. The molecule has 31 heavy (non-hydrogen) atoms. The normalized spacial score (nSPS) is 18.4. The van der Waals surface area contributed by atoms with Gasteiger partial charge in [0.2, 0.25) is 6.10 Å². The Labute approximate surface area is 179 Å². The Morgan fingerprint density at radius 2 is 1.68 bits per heavy atom. The molecule has 0 saturated carbocycles. The van der Waals surface area contributed by atoms with Crippen LogP contribution in [0.25, 0.3) is 0 Å². The lowest BCUT2D eigenvalue weighted by molar-refractivity contribution is -0.152. The Hall–Kier alpha value is -3.40. The van der Waals surface area contributed by atoms with E-state index in [2.05, 4.69) is 0 Å². The van der Waals surface area contributed by atoms with E-state index in [1.807, 2.05) is 0 Å². The predicted molar refractivity (Wildman–Crippen MR) is 108 cm³/mol. The van der Waals surface area contributed by atoms with Crippen molar-refractivity contribution in [3.05, 3.63) is 59.7 Å². The lowest BCUT2D eigenvalue weighted by atomic mass is 10.0. The van der Waals surface area contributed by atoms with Crippen LogP contribution >= 0.6 is 0 Å². The molecule has 0 aromatic heterocycles. The van der Waals surface area contributed by atoms with Crippen molar-refractivity contribution in [3.63, 3.8) is 0 Å². The van der Waals surface area contributed by atoms with Crippen molar-refractivity contribution in [3.8, 4) is 5.75 Å². The van der Waals surface area contributed by atoms with Gasteiger partial charge < -0.3 is 14.2 Å². The molecule has 1 aliphatic rings. The van der Waals surface area contributed by atoms with Crippen LogP contribution in [0.3, 0.4) is 0 Å². The van der Waals surface area contributed by atoms with Crippen LogP contribution < -0.4 is 4.74 Å². The van der Waals surface area contributed by atoms with E-state index in [-0.39, 0.29) is 22.8 Å². The number of carbonyl (C=O) groups excluding carboxylic acids is 3. The fourth-order valence-corrected chi connectivity index (χ4v) is 4.62. The number of hydrogen-bond donors (Lipinski definition) is 0. The molecule has 1 saturated heterocycles. The van der Waals surface area contributed by atoms with Gasteiger partial charge in [0.25, 0.3) is 10.0 Å². The minimum Gasteiger partial charge on any atom is -0.463 e. The lowest BCUT2D eigenvalue weighted by Gasteiger charge is -2.24. The van der Waals surface area contributed by atoms with Crippen molar-refractivity contribution in [2.24, 2.45) is 0 Å². The van der Waals surface area contributed by atoms with Crippen LogP contribution in [0.2, 0.25) is 0 Å². The fourth-order valence-electron chi connectivity index (χ4n) is 3.14. The molecule has 0 unspecified atom stereocenters. The lowest BCUT2D eigenvalue weighted by Crippen LogP contribution is -2.37. The molecule has 9 nitrogen and oxygen atoms in total. The molecule has 3 rings (SSSR count).